The maximum Gasteiger partial charge on any atom is 0.282 e. The lowest BCUT2D eigenvalue weighted by atomic mass is 10.1. The van der Waals surface area contributed by atoms with Gasteiger partial charge in [0.25, 0.3) is 5.56 Å². The minimum atomic E-state index is -0.804. The second kappa shape index (κ2) is 7.73. The van der Waals surface area contributed by atoms with Crippen LogP contribution in [0.2, 0.25) is 0 Å². The summed E-state index contributed by atoms with van der Waals surface area (Å²) in [6.45, 7) is -0.153. The first-order chi connectivity index (χ1) is 15.3. The molecule has 160 valence electrons. The van der Waals surface area contributed by atoms with Gasteiger partial charge in [-0.15, -0.1) is 0 Å². The number of nitrogens with zero attached hydrogens (tertiary/aromatic N) is 3. The number of pyridine rings is 1. The molecule has 0 aromatic heterocycles. The highest BCUT2D eigenvalue weighted by Crippen LogP contribution is 2.32. The molecule has 4 nitrogen and oxygen atoms in total. The Morgan fingerprint density at radius 3 is 2.38 bits per heavy atom. The number of hydrogen-bond acceptors (Lipinski definition) is 2. The summed E-state index contributed by atoms with van der Waals surface area (Å²) in [5.41, 5.74) is -0.913. The van der Waals surface area contributed by atoms with Crippen LogP contribution in [0.3, 0.4) is 0 Å². The SMILES string of the molecule is O=c1c2cn(Cc3ccc(I)cc3F)c3c(F)ccc(F)c3c-2nn1-c1ccccc1F. The Labute approximate surface area is 192 Å². The van der Waals surface area contributed by atoms with Crippen LogP contribution < -0.4 is 5.56 Å². The number of para-hydroxylation sites is 1. The van der Waals surface area contributed by atoms with Crippen molar-refractivity contribution in [3.8, 4) is 16.9 Å². The number of rotatable bonds is 3. The third-order valence-electron chi connectivity index (χ3n) is 5.20. The minimum absolute atomic E-state index is 0.0452. The standard InChI is InChI=1S/C23H12F4IN3O/c24-15-3-1-2-4-19(15)31-23(32)14-11-30(10-12-5-6-13(28)9-18(12)27)22-17(26)8-7-16(25)20(22)21(14)29-31/h1-9,11H,10H2. The van der Waals surface area contributed by atoms with E-state index >= 15 is 0 Å². The highest BCUT2D eigenvalue weighted by molar-refractivity contribution is 14.1. The lowest BCUT2D eigenvalue weighted by Gasteiger charge is -2.15. The van der Waals surface area contributed by atoms with E-state index in [1.807, 2.05) is 22.6 Å². The van der Waals surface area contributed by atoms with Crippen molar-refractivity contribution in [3.05, 3.63) is 104 Å². The summed E-state index contributed by atoms with van der Waals surface area (Å²) in [7, 11) is 0. The minimum Gasteiger partial charge on any atom is -0.340 e. The van der Waals surface area contributed by atoms with Crippen LogP contribution in [0.25, 0.3) is 27.8 Å². The number of fused-ring (bicyclic) bond motifs is 3. The maximum absolute atomic E-state index is 14.9. The Morgan fingerprint density at radius 2 is 1.62 bits per heavy atom. The molecule has 0 unspecified atom stereocenters. The average molecular weight is 549 g/mol. The zero-order valence-electron chi connectivity index (χ0n) is 16.1. The van der Waals surface area contributed by atoms with Gasteiger partial charge in [0.15, 0.2) is 0 Å². The van der Waals surface area contributed by atoms with Crippen molar-refractivity contribution in [2.45, 2.75) is 6.54 Å². The molecule has 0 saturated heterocycles. The monoisotopic (exact) mass is 549 g/mol. The fourth-order valence-corrected chi connectivity index (χ4v) is 4.18. The first kappa shape index (κ1) is 20.7. The largest absolute Gasteiger partial charge is 0.340 e. The molecule has 0 radical (unpaired) electrons. The second-order valence-electron chi connectivity index (χ2n) is 7.18. The lowest BCUT2D eigenvalue weighted by molar-refractivity contribution is 0.591. The average Bonchev–Trinajstić information content (AvgIpc) is 3.09. The molecule has 0 fully saturated rings. The molecule has 0 saturated carbocycles. The van der Waals surface area contributed by atoms with Crippen LogP contribution in [0.1, 0.15) is 5.56 Å². The van der Waals surface area contributed by atoms with Gasteiger partial charge in [-0.1, -0.05) is 18.2 Å². The van der Waals surface area contributed by atoms with Crippen molar-refractivity contribution in [3.63, 3.8) is 0 Å². The summed E-state index contributed by atoms with van der Waals surface area (Å²) >= 11 is 1.96. The molecule has 0 bridgehead atoms. The third kappa shape index (κ3) is 3.27. The predicted octanol–water partition coefficient (Wildman–Crippen LogP) is 5.50. The van der Waals surface area contributed by atoms with Crippen LogP contribution in [-0.2, 0) is 6.54 Å². The Kier molecular flexibility index (Phi) is 5.00. The third-order valence-corrected chi connectivity index (χ3v) is 5.87. The molecule has 32 heavy (non-hydrogen) atoms. The summed E-state index contributed by atoms with van der Waals surface area (Å²) in [5, 5.41) is 3.88. The van der Waals surface area contributed by atoms with Crippen molar-refractivity contribution in [1.82, 2.24) is 14.3 Å². The summed E-state index contributed by atoms with van der Waals surface area (Å²) in [5.74, 6) is -2.77. The number of benzene rings is 3. The van der Waals surface area contributed by atoms with E-state index in [1.165, 1.54) is 47.2 Å². The zero-order valence-corrected chi connectivity index (χ0v) is 18.3. The smallest absolute Gasteiger partial charge is 0.282 e. The highest BCUT2D eigenvalue weighted by atomic mass is 127. The first-order valence-electron chi connectivity index (χ1n) is 9.44. The van der Waals surface area contributed by atoms with E-state index in [0.29, 0.717) is 3.57 Å². The number of hydrogen-bond donors (Lipinski definition) is 0. The van der Waals surface area contributed by atoms with Crippen LogP contribution in [0.5, 0.6) is 0 Å². The zero-order chi connectivity index (χ0) is 22.6. The van der Waals surface area contributed by atoms with Crippen molar-refractivity contribution in [2.24, 2.45) is 0 Å². The molecule has 0 N–H and O–H groups in total. The molecule has 0 atom stereocenters. The summed E-state index contributed by atoms with van der Waals surface area (Å²) < 4.78 is 61.3. The Balaban J connectivity index is 1.84. The lowest BCUT2D eigenvalue weighted by Crippen LogP contribution is -2.16. The molecule has 0 amide bonds. The van der Waals surface area contributed by atoms with Crippen molar-refractivity contribution in [2.75, 3.05) is 0 Å². The van der Waals surface area contributed by atoms with Gasteiger partial charge in [-0.25, -0.2) is 17.6 Å². The predicted molar refractivity (Wildman–Crippen MR) is 120 cm³/mol. The van der Waals surface area contributed by atoms with E-state index in [2.05, 4.69) is 5.10 Å². The molecule has 2 aliphatic heterocycles. The van der Waals surface area contributed by atoms with Gasteiger partial charge in [-0.05, 0) is 59.0 Å². The van der Waals surface area contributed by atoms with Gasteiger partial charge in [-0.2, -0.15) is 9.78 Å². The van der Waals surface area contributed by atoms with E-state index in [1.54, 1.807) is 6.07 Å². The van der Waals surface area contributed by atoms with E-state index in [4.69, 9.17) is 0 Å². The fourth-order valence-electron chi connectivity index (χ4n) is 3.73. The topological polar surface area (TPSA) is 39.8 Å². The van der Waals surface area contributed by atoms with Gasteiger partial charge in [0.1, 0.15) is 34.7 Å². The van der Waals surface area contributed by atoms with Crippen LogP contribution in [0.4, 0.5) is 17.6 Å². The molecule has 0 spiro atoms. The van der Waals surface area contributed by atoms with Crippen molar-refractivity contribution >= 4 is 33.5 Å². The molecule has 0 aliphatic carbocycles. The molecule has 2 heterocycles. The Hall–Kier alpha value is -3.21. The molecule has 9 heteroatoms. The van der Waals surface area contributed by atoms with E-state index in [9.17, 15) is 22.4 Å². The molecular formula is C23H12F4IN3O. The number of halogens is 5. The van der Waals surface area contributed by atoms with E-state index in [0.717, 1.165) is 16.8 Å². The summed E-state index contributed by atoms with van der Waals surface area (Å²) in [4.78, 5) is 13.1. The van der Waals surface area contributed by atoms with Crippen LogP contribution in [0, 0.1) is 26.8 Å². The Morgan fingerprint density at radius 1 is 0.875 bits per heavy atom. The molecular weight excluding hydrogens is 537 g/mol. The van der Waals surface area contributed by atoms with Crippen LogP contribution in [0.15, 0.2) is 65.6 Å². The van der Waals surface area contributed by atoms with Gasteiger partial charge in [0.05, 0.1) is 23.0 Å². The van der Waals surface area contributed by atoms with Crippen molar-refractivity contribution < 1.29 is 17.6 Å². The summed E-state index contributed by atoms with van der Waals surface area (Å²) in [6.07, 6.45) is 1.30. The molecule has 5 rings (SSSR count). The number of aromatic nitrogens is 3. The second-order valence-corrected chi connectivity index (χ2v) is 8.42. The van der Waals surface area contributed by atoms with Crippen LogP contribution in [-0.4, -0.2) is 14.3 Å². The summed E-state index contributed by atoms with van der Waals surface area (Å²) in [6, 6.07) is 11.9. The maximum atomic E-state index is 14.9. The molecule has 3 aromatic rings. The van der Waals surface area contributed by atoms with Gasteiger partial charge in [0.2, 0.25) is 0 Å². The molecule has 2 aliphatic rings. The van der Waals surface area contributed by atoms with Gasteiger partial charge in [0, 0.05) is 15.3 Å². The van der Waals surface area contributed by atoms with Gasteiger partial charge >= 0.3 is 0 Å². The fraction of sp³-hybridized carbons (Fsp3) is 0.0435. The van der Waals surface area contributed by atoms with E-state index in [-0.39, 0.29) is 40.0 Å². The quantitative estimate of drug-likeness (QED) is 0.220. The van der Waals surface area contributed by atoms with Gasteiger partial charge < -0.3 is 4.57 Å². The first-order valence-corrected chi connectivity index (χ1v) is 10.5. The van der Waals surface area contributed by atoms with Crippen LogP contribution >= 0.6 is 22.6 Å². The van der Waals surface area contributed by atoms with Gasteiger partial charge in [-0.3, -0.25) is 4.79 Å². The Bertz CT molecular complexity index is 1540. The normalized spacial score (nSPS) is 11.5. The van der Waals surface area contributed by atoms with Crippen molar-refractivity contribution in [1.29, 1.82) is 0 Å². The highest BCUT2D eigenvalue weighted by Gasteiger charge is 2.26. The molecule has 3 aromatic carbocycles. The van der Waals surface area contributed by atoms with E-state index < -0.39 is 28.8 Å².